The minimum Gasteiger partial charge on any atom is -0.464 e. The maximum atomic E-state index is 12.2. The minimum absolute atomic E-state index is 0.107. The van der Waals surface area contributed by atoms with Crippen molar-refractivity contribution < 1.29 is 14.6 Å². The highest BCUT2D eigenvalue weighted by Gasteiger charge is 2.41. The predicted octanol–water partition coefficient (Wildman–Crippen LogP) is 3.60. The van der Waals surface area contributed by atoms with E-state index in [1.807, 2.05) is 35.7 Å². The van der Waals surface area contributed by atoms with Crippen LogP contribution in [0.1, 0.15) is 23.8 Å². The Labute approximate surface area is 128 Å². The summed E-state index contributed by atoms with van der Waals surface area (Å²) in [7, 11) is 0. The largest absolute Gasteiger partial charge is 0.464 e. The molecule has 2 aromatic rings. The summed E-state index contributed by atoms with van der Waals surface area (Å²) in [5.41, 5.74) is -0.0896. The van der Waals surface area contributed by atoms with Crippen LogP contribution in [-0.2, 0) is 15.1 Å². The van der Waals surface area contributed by atoms with Gasteiger partial charge in [-0.3, -0.25) is 0 Å². The molecule has 1 unspecified atom stereocenters. The molecule has 0 aliphatic carbocycles. The summed E-state index contributed by atoms with van der Waals surface area (Å²) >= 11 is 1.33. The van der Waals surface area contributed by atoms with Gasteiger partial charge in [0.25, 0.3) is 0 Å². The lowest BCUT2D eigenvalue weighted by molar-refractivity contribution is -0.165. The first-order chi connectivity index (χ1) is 10.1. The molecule has 0 aliphatic heterocycles. The van der Waals surface area contributed by atoms with E-state index in [4.69, 9.17) is 4.74 Å². The fourth-order valence-electron chi connectivity index (χ4n) is 2.11. The first-order valence-electron chi connectivity index (χ1n) is 6.74. The van der Waals surface area contributed by atoms with Crippen molar-refractivity contribution in [3.05, 3.63) is 64.9 Å². The third-order valence-corrected chi connectivity index (χ3v) is 4.21. The lowest BCUT2D eigenvalue weighted by Crippen LogP contribution is -2.36. The molecule has 1 atom stereocenters. The fraction of sp³-hybridized carbons (Fsp3) is 0.235. The van der Waals surface area contributed by atoms with Crippen molar-refractivity contribution in [2.45, 2.75) is 18.9 Å². The van der Waals surface area contributed by atoms with Crippen LogP contribution < -0.4 is 0 Å². The van der Waals surface area contributed by atoms with Gasteiger partial charge in [0, 0.05) is 11.3 Å². The molecular formula is C17H18O3S. The highest BCUT2D eigenvalue weighted by molar-refractivity contribution is 7.10. The predicted molar refractivity (Wildman–Crippen MR) is 84.9 cm³/mol. The number of rotatable bonds is 6. The number of carbonyl (C=O) groups is 1. The van der Waals surface area contributed by atoms with E-state index in [9.17, 15) is 9.90 Å². The first kappa shape index (κ1) is 15.5. The maximum absolute atomic E-state index is 12.2. The molecule has 0 spiro atoms. The zero-order valence-corrected chi connectivity index (χ0v) is 12.7. The molecule has 0 saturated carbocycles. The quantitative estimate of drug-likeness (QED) is 0.829. The second kappa shape index (κ2) is 6.70. The van der Waals surface area contributed by atoms with Crippen LogP contribution in [0.25, 0.3) is 5.57 Å². The standard InChI is InChI=1S/C17H18O3S/c1-3-20-16(18)17(19,15-10-7-11-21-15)12-13(2)14-8-5-4-6-9-14/h4-11,19H,2-3,12H2,1H3. The van der Waals surface area contributed by atoms with Crippen LogP contribution in [0.2, 0.25) is 0 Å². The number of carbonyl (C=O) groups excluding carboxylic acids is 1. The number of esters is 1. The summed E-state index contributed by atoms with van der Waals surface area (Å²) in [4.78, 5) is 12.8. The van der Waals surface area contributed by atoms with Gasteiger partial charge in [-0.15, -0.1) is 11.3 Å². The van der Waals surface area contributed by atoms with Gasteiger partial charge in [-0.2, -0.15) is 0 Å². The Morgan fingerprint density at radius 3 is 2.57 bits per heavy atom. The lowest BCUT2D eigenvalue weighted by Gasteiger charge is -2.25. The summed E-state index contributed by atoms with van der Waals surface area (Å²) in [5, 5.41) is 12.7. The van der Waals surface area contributed by atoms with Crippen molar-refractivity contribution in [2.24, 2.45) is 0 Å². The molecule has 0 fully saturated rings. The van der Waals surface area contributed by atoms with E-state index in [1.165, 1.54) is 11.3 Å². The van der Waals surface area contributed by atoms with Crippen molar-refractivity contribution in [1.82, 2.24) is 0 Å². The SMILES string of the molecule is C=C(CC(O)(C(=O)OCC)c1cccs1)c1ccccc1. The summed E-state index contributed by atoms with van der Waals surface area (Å²) in [5.74, 6) is -0.635. The molecular weight excluding hydrogens is 284 g/mol. The van der Waals surface area contributed by atoms with Gasteiger partial charge in [0.1, 0.15) is 0 Å². The summed E-state index contributed by atoms with van der Waals surface area (Å²) in [6.45, 7) is 5.95. The van der Waals surface area contributed by atoms with Gasteiger partial charge in [0.05, 0.1) is 6.61 Å². The van der Waals surface area contributed by atoms with E-state index in [2.05, 4.69) is 6.58 Å². The molecule has 3 nitrogen and oxygen atoms in total. The zero-order chi connectivity index (χ0) is 15.3. The third-order valence-electron chi connectivity index (χ3n) is 3.19. The Kier molecular flexibility index (Phi) is 4.94. The second-order valence-corrected chi connectivity index (χ2v) is 5.65. The van der Waals surface area contributed by atoms with Gasteiger partial charge < -0.3 is 9.84 Å². The van der Waals surface area contributed by atoms with Gasteiger partial charge in [0.2, 0.25) is 5.60 Å². The second-order valence-electron chi connectivity index (χ2n) is 4.70. The molecule has 1 aromatic carbocycles. The zero-order valence-electron chi connectivity index (χ0n) is 11.9. The number of thiophene rings is 1. The average molecular weight is 302 g/mol. The highest BCUT2D eigenvalue weighted by atomic mass is 32.1. The summed E-state index contributed by atoms with van der Waals surface area (Å²) < 4.78 is 5.04. The van der Waals surface area contributed by atoms with Crippen molar-refractivity contribution in [1.29, 1.82) is 0 Å². The lowest BCUT2D eigenvalue weighted by atomic mass is 9.90. The van der Waals surface area contributed by atoms with Crippen LogP contribution in [-0.4, -0.2) is 17.7 Å². The molecule has 110 valence electrons. The Morgan fingerprint density at radius 1 is 1.29 bits per heavy atom. The maximum Gasteiger partial charge on any atom is 0.344 e. The topological polar surface area (TPSA) is 46.5 Å². The average Bonchev–Trinajstić information content (AvgIpc) is 3.03. The molecule has 0 aliphatic rings. The van der Waals surface area contributed by atoms with E-state index < -0.39 is 11.6 Å². The Morgan fingerprint density at radius 2 is 2.00 bits per heavy atom. The van der Waals surface area contributed by atoms with E-state index in [-0.39, 0.29) is 13.0 Å². The number of ether oxygens (including phenoxy) is 1. The number of hydrogen-bond acceptors (Lipinski definition) is 4. The van der Waals surface area contributed by atoms with Crippen molar-refractivity contribution in [3.8, 4) is 0 Å². The summed E-state index contributed by atoms with van der Waals surface area (Å²) in [6.07, 6.45) is 0.107. The fourth-order valence-corrected chi connectivity index (χ4v) is 2.92. The normalized spacial score (nSPS) is 13.4. The number of benzene rings is 1. The van der Waals surface area contributed by atoms with E-state index in [1.54, 1.807) is 19.1 Å². The first-order valence-corrected chi connectivity index (χ1v) is 7.62. The Balaban J connectivity index is 2.29. The Bertz CT molecular complexity index is 604. The highest BCUT2D eigenvalue weighted by Crippen LogP contribution is 2.35. The van der Waals surface area contributed by atoms with E-state index in [0.717, 1.165) is 5.56 Å². The van der Waals surface area contributed by atoms with Gasteiger partial charge in [-0.25, -0.2) is 4.79 Å². The van der Waals surface area contributed by atoms with Gasteiger partial charge in [0.15, 0.2) is 0 Å². The van der Waals surface area contributed by atoms with Gasteiger partial charge in [-0.1, -0.05) is 43.0 Å². The molecule has 0 amide bonds. The molecule has 1 heterocycles. The molecule has 0 bridgehead atoms. The van der Waals surface area contributed by atoms with Crippen LogP contribution in [0.4, 0.5) is 0 Å². The molecule has 1 N–H and O–H groups in total. The van der Waals surface area contributed by atoms with Crippen molar-refractivity contribution in [3.63, 3.8) is 0 Å². The monoisotopic (exact) mass is 302 g/mol. The van der Waals surface area contributed by atoms with Crippen LogP contribution in [0, 0.1) is 0 Å². The molecule has 2 rings (SSSR count). The van der Waals surface area contributed by atoms with Gasteiger partial charge in [-0.05, 0) is 29.5 Å². The molecule has 4 heteroatoms. The minimum atomic E-state index is -1.68. The van der Waals surface area contributed by atoms with Crippen LogP contribution in [0.5, 0.6) is 0 Å². The number of hydrogen-bond donors (Lipinski definition) is 1. The van der Waals surface area contributed by atoms with Crippen LogP contribution in [0.3, 0.4) is 0 Å². The number of aliphatic hydroxyl groups is 1. The Hall–Kier alpha value is -1.91. The van der Waals surface area contributed by atoms with E-state index >= 15 is 0 Å². The molecule has 1 aromatic heterocycles. The van der Waals surface area contributed by atoms with Crippen LogP contribution in [0.15, 0.2) is 54.4 Å². The van der Waals surface area contributed by atoms with Crippen molar-refractivity contribution in [2.75, 3.05) is 6.61 Å². The smallest absolute Gasteiger partial charge is 0.344 e. The van der Waals surface area contributed by atoms with Crippen molar-refractivity contribution >= 4 is 22.9 Å². The van der Waals surface area contributed by atoms with Gasteiger partial charge >= 0.3 is 5.97 Å². The molecule has 0 saturated heterocycles. The van der Waals surface area contributed by atoms with Crippen LogP contribution >= 0.6 is 11.3 Å². The molecule has 0 radical (unpaired) electrons. The third kappa shape index (κ3) is 3.40. The summed E-state index contributed by atoms with van der Waals surface area (Å²) in [6, 6.07) is 13.1. The molecule has 21 heavy (non-hydrogen) atoms. The van der Waals surface area contributed by atoms with E-state index in [0.29, 0.717) is 10.5 Å².